The predicted molar refractivity (Wildman–Crippen MR) is 80.6 cm³/mol. The molecule has 1 saturated heterocycles. The molecule has 0 saturated carbocycles. The van der Waals surface area contributed by atoms with Crippen molar-refractivity contribution in [2.45, 2.75) is 25.1 Å². The molecule has 2 heterocycles. The molecule has 1 aromatic heterocycles. The van der Waals surface area contributed by atoms with Crippen molar-refractivity contribution in [3.05, 3.63) is 30.0 Å². The minimum atomic E-state index is -1.84. The van der Waals surface area contributed by atoms with E-state index in [1.165, 1.54) is 0 Å². The number of benzene rings is 1. The number of carbonyl (C=O) groups is 1. The molecule has 2 atom stereocenters. The number of ether oxygens (including phenoxy) is 1. The third kappa shape index (κ3) is 2.54. The third-order valence-electron chi connectivity index (χ3n) is 4.03. The fraction of sp³-hybridized carbons (Fsp3) is 0.438. The number of alkyl halides is 1. The highest BCUT2D eigenvalue weighted by Gasteiger charge is 2.42. The van der Waals surface area contributed by atoms with E-state index in [1.807, 2.05) is 18.2 Å². The first-order valence-corrected chi connectivity index (χ1v) is 7.30. The molecule has 2 N–H and O–H groups in total. The van der Waals surface area contributed by atoms with Gasteiger partial charge in [-0.3, -0.25) is 4.79 Å². The van der Waals surface area contributed by atoms with Gasteiger partial charge in [-0.15, -0.1) is 0 Å². The first-order valence-electron chi connectivity index (χ1n) is 7.30. The van der Waals surface area contributed by atoms with Crippen LogP contribution in [0.1, 0.15) is 25.1 Å². The van der Waals surface area contributed by atoms with Gasteiger partial charge in [-0.25, -0.2) is 4.39 Å². The smallest absolute Gasteiger partial charge is 0.259 e. The molecule has 118 valence electrons. The topological polar surface area (TPSA) is 63.5 Å². The molecule has 5 nitrogen and oxygen atoms in total. The first-order chi connectivity index (χ1) is 10.5. The highest BCUT2D eigenvalue weighted by atomic mass is 19.1. The summed E-state index contributed by atoms with van der Waals surface area (Å²) in [4.78, 5) is 12.1. The maximum Gasteiger partial charge on any atom is 0.259 e. The van der Waals surface area contributed by atoms with E-state index in [1.54, 1.807) is 20.1 Å². The lowest BCUT2D eigenvalue weighted by molar-refractivity contribution is -0.132. The van der Waals surface area contributed by atoms with E-state index >= 15 is 0 Å². The molecular formula is C16H19FN2O3. The molecule has 22 heavy (non-hydrogen) atoms. The van der Waals surface area contributed by atoms with Crippen LogP contribution in [-0.2, 0) is 4.79 Å². The van der Waals surface area contributed by atoms with Crippen LogP contribution in [-0.4, -0.2) is 31.8 Å². The fourth-order valence-electron chi connectivity index (χ4n) is 2.68. The summed E-state index contributed by atoms with van der Waals surface area (Å²) >= 11 is 0. The van der Waals surface area contributed by atoms with E-state index in [4.69, 9.17) is 9.15 Å². The molecule has 0 aliphatic carbocycles. The van der Waals surface area contributed by atoms with Gasteiger partial charge in [-0.1, -0.05) is 12.1 Å². The fourth-order valence-corrected chi connectivity index (χ4v) is 2.68. The van der Waals surface area contributed by atoms with E-state index in [2.05, 4.69) is 10.6 Å². The number of methoxy groups -OCH3 is 1. The van der Waals surface area contributed by atoms with Crippen LogP contribution >= 0.6 is 0 Å². The molecule has 0 unspecified atom stereocenters. The molecule has 3 rings (SSSR count). The molecule has 6 heteroatoms. The third-order valence-corrected chi connectivity index (χ3v) is 4.03. The van der Waals surface area contributed by atoms with Crippen LogP contribution in [0.5, 0.6) is 5.75 Å². The van der Waals surface area contributed by atoms with Crippen LogP contribution in [0.4, 0.5) is 4.39 Å². The quantitative estimate of drug-likeness (QED) is 0.910. The van der Waals surface area contributed by atoms with Gasteiger partial charge < -0.3 is 19.8 Å². The monoisotopic (exact) mass is 306 g/mol. The number of hydrogen-bond donors (Lipinski definition) is 2. The number of para-hydroxylation sites is 1. The summed E-state index contributed by atoms with van der Waals surface area (Å²) in [6.07, 6.45) is 0.194. The number of amides is 1. The lowest BCUT2D eigenvalue weighted by Crippen LogP contribution is -2.45. The summed E-state index contributed by atoms with van der Waals surface area (Å²) in [5.41, 5.74) is -1.21. The van der Waals surface area contributed by atoms with Gasteiger partial charge in [-0.05, 0) is 25.6 Å². The van der Waals surface area contributed by atoms with Gasteiger partial charge in [0, 0.05) is 18.4 Å². The molecule has 1 amide bonds. The van der Waals surface area contributed by atoms with Crippen molar-refractivity contribution in [1.29, 1.82) is 0 Å². The number of hydrogen-bond acceptors (Lipinski definition) is 4. The van der Waals surface area contributed by atoms with E-state index in [0.717, 1.165) is 5.39 Å². The van der Waals surface area contributed by atoms with Gasteiger partial charge in [-0.2, -0.15) is 0 Å². The maximum absolute atomic E-state index is 14.4. The highest BCUT2D eigenvalue weighted by molar-refractivity contribution is 5.87. The Morgan fingerprint density at radius 2 is 2.36 bits per heavy atom. The van der Waals surface area contributed by atoms with Gasteiger partial charge in [0.05, 0.1) is 13.2 Å². The second kappa shape index (κ2) is 5.61. The lowest BCUT2D eigenvalue weighted by atomic mass is 10.0. The van der Waals surface area contributed by atoms with Crippen molar-refractivity contribution in [3.63, 3.8) is 0 Å². The zero-order valence-electron chi connectivity index (χ0n) is 12.6. The molecule has 1 aliphatic heterocycles. The molecule has 0 radical (unpaired) electrons. The number of halogens is 1. The van der Waals surface area contributed by atoms with Gasteiger partial charge in [0.25, 0.3) is 5.91 Å². The molecule has 0 bridgehead atoms. The van der Waals surface area contributed by atoms with Crippen LogP contribution in [0.25, 0.3) is 11.0 Å². The number of carbonyl (C=O) groups excluding carboxylic acids is 1. The Balaban J connectivity index is 1.80. The van der Waals surface area contributed by atoms with Gasteiger partial charge in [0.2, 0.25) is 5.67 Å². The molecule has 2 aromatic rings. The highest BCUT2D eigenvalue weighted by Crippen LogP contribution is 2.31. The minimum Gasteiger partial charge on any atom is -0.493 e. The summed E-state index contributed by atoms with van der Waals surface area (Å²) in [5.74, 6) is 0.601. The summed E-state index contributed by atoms with van der Waals surface area (Å²) in [7, 11) is 1.57. The normalized spacial score (nSPS) is 22.7. The van der Waals surface area contributed by atoms with Gasteiger partial charge in [0.15, 0.2) is 11.3 Å². The Morgan fingerprint density at radius 3 is 3.05 bits per heavy atom. The SMILES string of the molecule is COc1cccc2cc([C@@H](C)NC(=O)[C@@]3(F)CCNC3)oc12. The summed E-state index contributed by atoms with van der Waals surface area (Å²) in [6.45, 7) is 2.34. The molecule has 1 fully saturated rings. The summed E-state index contributed by atoms with van der Waals surface area (Å²) in [5, 5.41) is 6.44. The standard InChI is InChI=1S/C16H19FN2O3/c1-10(19-15(20)16(17)6-7-18-9-16)13-8-11-4-3-5-12(21-2)14(11)22-13/h3-5,8,10,18H,6-7,9H2,1-2H3,(H,19,20)/t10-,16-/m1/s1. The zero-order chi connectivity index (χ0) is 15.7. The predicted octanol–water partition coefficient (Wildman–Crippen LogP) is 2.32. The maximum atomic E-state index is 14.4. The van der Waals surface area contributed by atoms with Crippen molar-refractivity contribution in [3.8, 4) is 5.75 Å². The Kier molecular flexibility index (Phi) is 3.78. The van der Waals surface area contributed by atoms with Crippen LogP contribution in [0.3, 0.4) is 0 Å². The largest absolute Gasteiger partial charge is 0.493 e. The number of fused-ring (bicyclic) bond motifs is 1. The Morgan fingerprint density at radius 1 is 1.55 bits per heavy atom. The average molecular weight is 306 g/mol. The second-order valence-corrected chi connectivity index (χ2v) is 5.61. The number of furan rings is 1. The van der Waals surface area contributed by atoms with E-state index < -0.39 is 17.6 Å². The van der Waals surface area contributed by atoms with Gasteiger partial charge in [0.1, 0.15) is 5.76 Å². The van der Waals surface area contributed by atoms with E-state index in [-0.39, 0.29) is 13.0 Å². The van der Waals surface area contributed by atoms with Crippen molar-refractivity contribution < 1.29 is 18.3 Å². The molecular weight excluding hydrogens is 287 g/mol. The van der Waals surface area contributed by atoms with Crippen LogP contribution in [0.15, 0.2) is 28.7 Å². The zero-order valence-corrected chi connectivity index (χ0v) is 12.6. The second-order valence-electron chi connectivity index (χ2n) is 5.61. The van der Waals surface area contributed by atoms with Gasteiger partial charge >= 0.3 is 0 Å². The van der Waals surface area contributed by atoms with Crippen LogP contribution in [0.2, 0.25) is 0 Å². The van der Waals surface area contributed by atoms with Crippen molar-refractivity contribution in [1.82, 2.24) is 10.6 Å². The van der Waals surface area contributed by atoms with Crippen LogP contribution in [0, 0.1) is 0 Å². The van der Waals surface area contributed by atoms with E-state index in [9.17, 15) is 9.18 Å². The summed E-state index contributed by atoms with van der Waals surface area (Å²) < 4.78 is 25.4. The first kappa shape index (κ1) is 14.8. The Labute approximate surface area is 127 Å². The van der Waals surface area contributed by atoms with Crippen molar-refractivity contribution in [2.75, 3.05) is 20.2 Å². The number of rotatable bonds is 4. The lowest BCUT2D eigenvalue weighted by Gasteiger charge is -2.20. The Bertz CT molecular complexity index is 692. The number of nitrogens with one attached hydrogen (secondary N) is 2. The average Bonchev–Trinajstić information content (AvgIpc) is 3.13. The van der Waals surface area contributed by atoms with Crippen molar-refractivity contribution in [2.24, 2.45) is 0 Å². The van der Waals surface area contributed by atoms with Crippen molar-refractivity contribution >= 4 is 16.9 Å². The van der Waals surface area contributed by atoms with E-state index in [0.29, 0.717) is 23.6 Å². The Hall–Kier alpha value is -2.08. The van der Waals surface area contributed by atoms with Crippen LogP contribution < -0.4 is 15.4 Å². The molecule has 0 spiro atoms. The molecule has 1 aromatic carbocycles. The minimum absolute atomic E-state index is 0.0551. The summed E-state index contributed by atoms with van der Waals surface area (Å²) in [6, 6.07) is 6.99. The molecule has 1 aliphatic rings.